The summed E-state index contributed by atoms with van der Waals surface area (Å²) < 4.78 is 0. The second-order valence-electron chi connectivity index (χ2n) is 3.62. The molecule has 5 heteroatoms. The highest BCUT2D eigenvalue weighted by atomic mass is 35.5. The summed E-state index contributed by atoms with van der Waals surface area (Å²) in [6.07, 6.45) is 2.52. The molecule has 1 aromatic carbocycles. The van der Waals surface area contributed by atoms with Crippen LogP contribution >= 0.6 is 23.4 Å². The second kappa shape index (κ2) is 4.41. The molecule has 0 saturated heterocycles. The predicted octanol–water partition coefficient (Wildman–Crippen LogP) is 3.75. The van der Waals surface area contributed by atoms with Crippen molar-refractivity contribution in [2.75, 3.05) is 5.75 Å². The van der Waals surface area contributed by atoms with Crippen molar-refractivity contribution < 1.29 is 4.92 Å². The molecular formula is C10H10ClNO2S. The molecule has 0 radical (unpaired) electrons. The van der Waals surface area contributed by atoms with Gasteiger partial charge >= 0.3 is 0 Å². The highest BCUT2D eigenvalue weighted by Gasteiger charge is 2.23. The fraction of sp³-hybridized carbons (Fsp3) is 0.400. The van der Waals surface area contributed by atoms with Gasteiger partial charge in [-0.1, -0.05) is 11.6 Å². The number of nitrogens with zero attached hydrogens (tertiary/aromatic N) is 1. The first-order valence-electron chi connectivity index (χ1n) is 4.73. The Bertz CT molecular complexity index is 393. The molecule has 0 bridgehead atoms. The van der Waals surface area contributed by atoms with E-state index in [1.807, 2.05) is 0 Å². The van der Waals surface area contributed by atoms with Crippen LogP contribution in [0.5, 0.6) is 0 Å². The first-order valence-corrected chi connectivity index (χ1v) is 6.10. The number of halogens is 1. The molecule has 0 aliphatic heterocycles. The van der Waals surface area contributed by atoms with E-state index in [9.17, 15) is 10.1 Å². The largest absolute Gasteiger partial charge is 0.284 e. The van der Waals surface area contributed by atoms with Gasteiger partial charge in [0.1, 0.15) is 0 Å². The second-order valence-corrected chi connectivity index (χ2v) is 5.12. The Morgan fingerprint density at radius 3 is 2.87 bits per heavy atom. The minimum Gasteiger partial charge on any atom is -0.258 e. The van der Waals surface area contributed by atoms with E-state index in [0.717, 1.165) is 16.6 Å². The minimum absolute atomic E-state index is 0.119. The average molecular weight is 244 g/mol. The number of nitro benzene ring substituents is 1. The van der Waals surface area contributed by atoms with Gasteiger partial charge in [-0.05, 0) is 30.9 Å². The topological polar surface area (TPSA) is 43.1 Å². The van der Waals surface area contributed by atoms with Crippen molar-refractivity contribution >= 4 is 29.1 Å². The lowest BCUT2D eigenvalue weighted by Gasteiger charge is -2.02. The van der Waals surface area contributed by atoms with Crippen LogP contribution in [0, 0.1) is 16.0 Å². The van der Waals surface area contributed by atoms with Crippen LogP contribution in [-0.4, -0.2) is 10.7 Å². The van der Waals surface area contributed by atoms with Crippen LogP contribution in [0.15, 0.2) is 23.1 Å². The van der Waals surface area contributed by atoms with Crippen molar-refractivity contribution in [2.45, 2.75) is 17.7 Å². The molecule has 1 aromatic rings. The van der Waals surface area contributed by atoms with Gasteiger partial charge in [0, 0.05) is 16.8 Å². The zero-order valence-electron chi connectivity index (χ0n) is 7.98. The van der Waals surface area contributed by atoms with E-state index in [2.05, 4.69) is 0 Å². The number of benzene rings is 1. The van der Waals surface area contributed by atoms with Crippen molar-refractivity contribution in [3.05, 3.63) is 33.3 Å². The molecule has 1 fully saturated rings. The van der Waals surface area contributed by atoms with Crippen LogP contribution in [0.3, 0.4) is 0 Å². The molecule has 0 heterocycles. The lowest BCUT2D eigenvalue weighted by molar-refractivity contribution is -0.387. The van der Waals surface area contributed by atoms with Gasteiger partial charge in [0.05, 0.1) is 9.82 Å². The molecule has 3 nitrogen and oxygen atoms in total. The van der Waals surface area contributed by atoms with E-state index in [0.29, 0.717) is 5.02 Å². The standard InChI is InChI=1S/C10H10ClNO2S/c11-8-3-4-10(9(5-8)12(13)14)15-6-7-1-2-7/h3-5,7H,1-2,6H2. The van der Waals surface area contributed by atoms with E-state index >= 15 is 0 Å². The van der Waals surface area contributed by atoms with Crippen LogP contribution in [-0.2, 0) is 0 Å². The van der Waals surface area contributed by atoms with E-state index in [1.54, 1.807) is 23.9 Å². The molecule has 0 unspecified atom stereocenters. The molecule has 1 aliphatic carbocycles. The van der Waals surface area contributed by atoms with Gasteiger partial charge < -0.3 is 0 Å². The first kappa shape index (κ1) is 10.8. The highest BCUT2D eigenvalue weighted by Crippen LogP contribution is 2.38. The van der Waals surface area contributed by atoms with Gasteiger partial charge in [0.25, 0.3) is 5.69 Å². The fourth-order valence-electron chi connectivity index (χ4n) is 1.25. The summed E-state index contributed by atoms with van der Waals surface area (Å²) in [5, 5.41) is 11.2. The minimum atomic E-state index is -0.374. The summed E-state index contributed by atoms with van der Waals surface area (Å²) in [6.45, 7) is 0. The lowest BCUT2D eigenvalue weighted by atomic mass is 10.3. The van der Waals surface area contributed by atoms with Crippen LogP contribution in [0.2, 0.25) is 5.02 Å². The Morgan fingerprint density at radius 1 is 1.53 bits per heavy atom. The maximum absolute atomic E-state index is 10.8. The van der Waals surface area contributed by atoms with Crippen molar-refractivity contribution in [3.63, 3.8) is 0 Å². The zero-order chi connectivity index (χ0) is 10.8. The molecule has 80 valence electrons. The maximum Gasteiger partial charge on any atom is 0.284 e. The Kier molecular flexibility index (Phi) is 3.17. The summed E-state index contributed by atoms with van der Waals surface area (Å²) in [5.74, 6) is 1.73. The third-order valence-electron chi connectivity index (χ3n) is 2.29. The number of hydrogen-bond acceptors (Lipinski definition) is 3. The van der Waals surface area contributed by atoms with E-state index in [-0.39, 0.29) is 10.6 Å². The molecule has 0 atom stereocenters. The van der Waals surface area contributed by atoms with Gasteiger partial charge in [0.15, 0.2) is 0 Å². The van der Waals surface area contributed by atoms with Gasteiger partial charge in [-0.15, -0.1) is 11.8 Å². The molecular weight excluding hydrogens is 234 g/mol. The van der Waals surface area contributed by atoms with E-state index < -0.39 is 0 Å². The number of rotatable bonds is 4. The number of thioether (sulfide) groups is 1. The monoisotopic (exact) mass is 243 g/mol. The molecule has 1 aliphatic rings. The van der Waals surface area contributed by atoms with Crippen LogP contribution in [0.1, 0.15) is 12.8 Å². The normalized spacial score (nSPS) is 15.3. The van der Waals surface area contributed by atoms with Gasteiger partial charge in [-0.2, -0.15) is 0 Å². The summed E-state index contributed by atoms with van der Waals surface area (Å²) in [7, 11) is 0. The van der Waals surface area contributed by atoms with Gasteiger partial charge in [-0.25, -0.2) is 0 Å². The number of nitro groups is 1. The summed E-state index contributed by atoms with van der Waals surface area (Å²) in [4.78, 5) is 11.1. The Balaban J connectivity index is 2.15. The third kappa shape index (κ3) is 2.86. The van der Waals surface area contributed by atoms with Gasteiger partial charge in [-0.3, -0.25) is 10.1 Å². The fourth-order valence-corrected chi connectivity index (χ4v) is 2.61. The van der Waals surface area contributed by atoms with E-state index in [4.69, 9.17) is 11.6 Å². The molecule has 0 amide bonds. The van der Waals surface area contributed by atoms with Crippen molar-refractivity contribution in [2.24, 2.45) is 5.92 Å². The first-order chi connectivity index (χ1) is 7.16. The summed E-state index contributed by atoms with van der Waals surface area (Å²) in [6, 6.07) is 4.84. The Labute approximate surface area is 97.0 Å². The smallest absolute Gasteiger partial charge is 0.258 e. The van der Waals surface area contributed by atoms with Crippen LogP contribution in [0.25, 0.3) is 0 Å². The molecule has 1 saturated carbocycles. The molecule has 2 rings (SSSR count). The summed E-state index contributed by atoms with van der Waals surface area (Å²) >= 11 is 7.28. The third-order valence-corrected chi connectivity index (χ3v) is 3.82. The maximum atomic E-state index is 10.8. The van der Waals surface area contributed by atoms with E-state index in [1.165, 1.54) is 18.9 Å². The molecule has 0 N–H and O–H groups in total. The highest BCUT2D eigenvalue weighted by molar-refractivity contribution is 7.99. The molecule has 0 aromatic heterocycles. The zero-order valence-corrected chi connectivity index (χ0v) is 9.55. The summed E-state index contributed by atoms with van der Waals surface area (Å²) in [5.41, 5.74) is 0.119. The SMILES string of the molecule is O=[N+]([O-])c1cc(Cl)ccc1SCC1CC1. The van der Waals surface area contributed by atoms with Crippen molar-refractivity contribution in [1.29, 1.82) is 0 Å². The van der Waals surface area contributed by atoms with Crippen LogP contribution in [0.4, 0.5) is 5.69 Å². The predicted molar refractivity (Wildman–Crippen MR) is 61.6 cm³/mol. The van der Waals surface area contributed by atoms with Crippen molar-refractivity contribution in [3.8, 4) is 0 Å². The van der Waals surface area contributed by atoms with Crippen LogP contribution < -0.4 is 0 Å². The Morgan fingerprint density at radius 2 is 2.27 bits per heavy atom. The van der Waals surface area contributed by atoms with Crippen molar-refractivity contribution in [1.82, 2.24) is 0 Å². The molecule has 15 heavy (non-hydrogen) atoms. The molecule has 0 spiro atoms. The lowest BCUT2D eigenvalue weighted by Crippen LogP contribution is -1.91. The number of hydrogen-bond donors (Lipinski definition) is 0. The Hall–Kier alpha value is -0.740. The average Bonchev–Trinajstić information content (AvgIpc) is 2.99. The van der Waals surface area contributed by atoms with Gasteiger partial charge in [0.2, 0.25) is 0 Å². The quantitative estimate of drug-likeness (QED) is 0.460.